The number of nitrogens with zero attached hydrogens (tertiary/aromatic N) is 2. The van der Waals surface area contributed by atoms with Gasteiger partial charge in [0.25, 0.3) is 0 Å². The predicted molar refractivity (Wildman–Crippen MR) is 80.6 cm³/mol. The standard InChI is InChI=1S/C12H23N5OS/c1-8(2)10-11(15-7-16-12(10)17-13)14-6-5-9(3)19(4)18/h7-9H,5-6,13H2,1-4H3,(H2,14,15,16,17). The molecule has 0 saturated heterocycles. The first-order valence-electron chi connectivity index (χ1n) is 6.35. The maximum Gasteiger partial charge on any atom is 0.148 e. The molecule has 0 saturated carbocycles. The molecule has 0 spiro atoms. The Labute approximate surface area is 117 Å². The fraction of sp³-hybridized carbons (Fsp3) is 0.667. The molecular formula is C12H23N5OS. The van der Waals surface area contributed by atoms with Gasteiger partial charge in [-0.1, -0.05) is 20.8 Å². The van der Waals surface area contributed by atoms with Gasteiger partial charge in [0.1, 0.15) is 18.0 Å². The van der Waals surface area contributed by atoms with Crippen molar-refractivity contribution in [3.63, 3.8) is 0 Å². The number of anilines is 2. The van der Waals surface area contributed by atoms with Crippen LogP contribution in [0.15, 0.2) is 6.33 Å². The van der Waals surface area contributed by atoms with Gasteiger partial charge in [-0.3, -0.25) is 4.21 Å². The van der Waals surface area contributed by atoms with E-state index in [2.05, 4.69) is 34.6 Å². The maximum absolute atomic E-state index is 11.3. The third-order valence-electron chi connectivity index (χ3n) is 3.01. The van der Waals surface area contributed by atoms with Crippen LogP contribution in [0.2, 0.25) is 0 Å². The molecule has 0 aliphatic heterocycles. The van der Waals surface area contributed by atoms with Crippen LogP contribution in [-0.4, -0.2) is 32.2 Å². The van der Waals surface area contributed by atoms with Gasteiger partial charge in [-0.2, -0.15) is 0 Å². The summed E-state index contributed by atoms with van der Waals surface area (Å²) >= 11 is 0. The van der Waals surface area contributed by atoms with E-state index in [1.807, 2.05) is 6.92 Å². The van der Waals surface area contributed by atoms with E-state index in [0.29, 0.717) is 5.82 Å². The van der Waals surface area contributed by atoms with Crippen molar-refractivity contribution < 1.29 is 4.21 Å². The monoisotopic (exact) mass is 285 g/mol. The van der Waals surface area contributed by atoms with Crippen LogP contribution in [0.4, 0.5) is 11.6 Å². The fourth-order valence-electron chi connectivity index (χ4n) is 1.76. The molecule has 7 heteroatoms. The molecule has 0 fully saturated rings. The lowest BCUT2D eigenvalue weighted by Gasteiger charge is -2.17. The van der Waals surface area contributed by atoms with Gasteiger partial charge in [-0.15, -0.1) is 0 Å². The Kier molecular flexibility index (Phi) is 6.17. The molecule has 0 amide bonds. The first-order valence-corrected chi connectivity index (χ1v) is 7.97. The molecular weight excluding hydrogens is 262 g/mol. The summed E-state index contributed by atoms with van der Waals surface area (Å²) in [4.78, 5) is 8.37. The second-order valence-corrected chi connectivity index (χ2v) is 6.61. The van der Waals surface area contributed by atoms with Crippen molar-refractivity contribution in [2.45, 2.75) is 38.4 Å². The van der Waals surface area contributed by atoms with E-state index >= 15 is 0 Å². The van der Waals surface area contributed by atoms with Crippen molar-refractivity contribution in [3.8, 4) is 0 Å². The van der Waals surface area contributed by atoms with Crippen LogP contribution in [0.3, 0.4) is 0 Å². The van der Waals surface area contributed by atoms with Crippen molar-refractivity contribution >= 4 is 22.4 Å². The van der Waals surface area contributed by atoms with E-state index in [0.717, 1.165) is 24.3 Å². The number of nitrogen functional groups attached to an aromatic ring is 1. The smallest absolute Gasteiger partial charge is 0.148 e. The van der Waals surface area contributed by atoms with Crippen molar-refractivity contribution in [2.24, 2.45) is 5.84 Å². The van der Waals surface area contributed by atoms with Gasteiger partial charge in [0.15, 0.2) is 0 Å². The summed E-state index contributed by atoms with van der Waals surface area (Å²) in [6.45, 7) is 6.83. The molecule has 1 aromatic rings. The molecule has 1 heterocycles. The van der Waals surface area contributed by atoms with E-state index in [9.17, 15) is 4.21 Å². The average molecular weight is 285 g/mol. The fourth-order valence-corrected chi connectivity index (χ4v) is 2.21. The molecule has 6 nitrogen and oxygen atoms in total. The molecule has 0 aromatic carbocycles. The van der Waals surface area contributed by atoms with Crippen LogP contribution < -0.4 is 16.6 Å². The van der Waals surface area contributed by atoms with Gasteiger partial charge in [0.05, 0.1) is 0 Å². The van der Waals surface area contributed by atoms with Gasteiger partial charge in [0, 0.05) is 34.4 Å². The molecule has 19 heavy (non-hydrogen) atoms. The summed E-state index contributed by atoms with van der Waals surface area (Å²) in [7, 11) is -0.793. The quantitative estimate of drug-likeness (QED) is 0.519. The molecule has 0 aliphatic rings. The zero-order chi connectivity index (χ0) is 14.4. The summed E-state index contributed by atoms with van der Waals surface area (Å²) in [5.74, 6) is 7.15. The molecule has 2 atom stereocenters. The Bertz CT molecular complexity index is 438. The molecule has 2 unspecified atom stereocenters. The lowest BCUT2D eigenvalue weighted by Crippen LogP contribution is -2.18. The van der Waals surface area contributed by atoms with E-state index in [1.54, 1.807) is 6.26 Å². The number of nitrogens with one attached hydrogen (secondary N) is 2. The normalized spacial score (nSPS) is 14.2. The van der Waals surface area contributed by atoms with Gasteiger partial charge in [0.2, 0.25) is 0 Å². The highest BCUT2D eigenvalue weighted by molar-refractivity contribution is 7.84. The Balaban J connectivity index is 2.75. The first-order chi connectivity index (χ1) is 8.97. The first kappa shape index (κ1) is 15.8. The van der Waals surface area contributed by atoms with Crippen LogP contribution >= 0.6 is 0 Å². The van der Waals surface area contributed by atoms with Crippen LogP contribution in [0.5, 0.6) is 0 Å². The highest BCUT2D eigenvalue weighted by atomic mass is 32.2. The molecule has 0 bridgehead atoms. The summed E-state index contributed by atoms with van der Waals surface area (Å²) in [6, 6.07) is 0. The maximum atomic E-state index is 11.3. The number of rotatable bonds is 7. The lowest BCUT2D eigenvalue weighted by atomic mass is 10.0. The zero-order valence-electron chi connectivity index (χ0n) is 11.9. The second kappa shape index (κ2) is 7.40. The third-order valence-corrected chi connectivity index (χ3v) is 4.38. The predicted octanol–water partition coefficient (Wildman–Crippen LogP) is 1.45. The van der Waals surface area contributed by atoms with Gasteiger partial charge < -0.3 is 10.7 Å². The SMILES string of the molecule is CC(C)c1c(NN)ncnc1NCCC(C)S(C)=O. The number of aromatic nitrogens is 2. The Hall–Kier alpha value is -1.21. The van der Waals surface area contributed by atoms with Gasteiger partial charge >= 0.3 is 0 Å². The number of hydrogen-bond acceptors (Lipinski definition) is 6. The van der Waals surface area contributed by atoms with Crippen molar-refractivity contribution in [2.75, 3.05) is 23.5 Å². The van der Waals surface area contributed by atoms with Crippen LogP contribution in [0.1, 0.15) is 38.7 Å². The average Bonchev–Trinajstić information content (AvgIpc) is 2.37. The molecule has 1 rings (SSSR count). The minimum atomic E-state index is -0.793. The van der Waals surface area contributed by atoms with Crippen LogP contribution in [-0.2, 0) is 10.8 Å². The number of hydrogen-bond donors (Lipinski definition) is 3. The summed E-state index contributed by atoms with van der Waals surface area (Å²) in [5, 5.41) is 3.44. The summed E-state index contributed by atoms with van der Waals surface area (Å²) in [6.07, 6.45) is 4.03. The number of hydrazine groups is 1. The van der Waals surface area contributed by atoms with Crippen molar-refractivity contribution in [1.82, 2.24) is 9.97 Å². The highest BCUT2D eigenvalue weighted by Gasteiger charge is 2.14. The Morgan fingerprint density at radius 3 is 2.47 bits per heavy atom. The molecule has 0 radical (unpaired) electrons. The zero-order valence-corrected chi connectivity index (χ0v) is 12.8. The second-order valence-electron chi connectivity index (χ2n) is 4.81. The van der Waals surface area contributed by atoms with E-state index < -0.39 is 10.8 Å². The largest absolute Gasteiger partial charge is 0.370 e. The molecule has 1 aromatic heterocycles. The van der Waals surface area contributed by atoms with Crippen LogP contribution in [0.25, 0.3) is 0 Å². The lowest BCUT2D eigenvalue weighted by molar-refractivity contribution is 0.672. The van der Waals surface area contributed by atoms with Crippen LogP contribution in [0, 0.1) is 0 Å². The van der Waals surface area contributed by atoms with Crippen molar-refractivity contribution in [1.29, 1.82) is 0 Å². The third kappa shape index (κ3) is 4.43. The Morgan fingerprint density at radius 2 is 1.95 bits per heavy atom. The van der Waals surface area contributed by atoms with E-state index in [-0.39, 0.29) is 11.2 Å². The van der Waals surface area contributed by atoms with E-state index in [4.69, 9.17) is 5.84 Å². The highest BCUT2D eigenvalue weighted by Crippen LogP contribution is 2.27. The van der Waals surface area contributed by atoms with Gasteiger partial charge in [-0.05, 0) is 12.3 Å². The topological polar surface area (TPSA) is 92.9 Å². The number of nitrogens with two attached hydrogens (primary N) is 1. The Morgan fingerprint density at radius 1 is 1.32 bits per heavy atom. The molecule has 108 valence electrons. The minimum Gasteiger partial charge on any atom is -0.370 e. The van der Waals surface area contributed by atoms with Crippen molar-refractivity contribution in [3.05, 3.63) is 11.9 Å². The molecule has 0 aliphatic carbocycles. The summed E-state index contributed by atoms with van der Waals surface area (Å²) < 4.78 is 11.3. The molecule has 4 N–H and O–H groups in total. The van der Waals surface area contributed by atoms with Gasteiger partial charge in [-0.25, -0.2) is 15.8 Å². The van der Waals surface area contributed by atoms with E-state index in [1.165, 1.54) is 6.33 Å². The summed E-state index contributed by atoms with van der Waals surface area (Å²) in [5.41, 5.74) is 3.56. The minimum absolute atomic E-state index is 0.170.